The van der Waals surface area contributed by atoms with E-state index in [9.17, 15) is 9.59 Å². The molecule has 0 unspecified atom stereocenters. The standard InChI is InChI=1S/C32H32O8/c1-18-11-13-32(2,14-12-21-24(36-4)16-23(35-3)19-7-9-27(33)39-30(19)21)22(15-18)29-26(38-6)17-25(37-5)20-8-10-28(34)40-31(20)29/h7-10,12,14-17,22H,11,13H2,1-6H3/t22-,32+/m0/s1. The molecule has 8 nitrogen and oxygen atoms in total. The lowest BCUT2D eigenvalue weighted by atomic mass is 9.65. The number of hydrogen-bond donors (Lipinski definition) is 0. The monoisotopic (exact) mass is 544 g/mol. The van der Waals surface area contributed by atoms with Gasteiger partial charge in [0.2, 0.25) is 0 Å². The largest absolute Gasteiger partial charge is 0.496 e. The highest BCUT2D eigenvalue weighted by Gasteiger charge is 2.38. The van der Waals surface area contributed by atoms with E-state index in [1.165, 1.54) is 17.7 Å². The topological polar surface area (TPSA) is 97.3 Å². The van der Waals surface area contributed by atoms with Gasteiger partial charge in [-0.1, -0.05) is 30.7 Å². The molecule has 0 fully saturated rings. The number of ether oxygens (including phenoxy) is 4. The molecule has 0 bridgehead atoms. The van der Waals surface area contributed by atoms with Crippen LogP contribution in [0.25, 0.3) is 28.0 Å². The maximum absolute atomic E-state index is 12.4. The Morgan fingerprint density at radius 1 is 0.800 bits per heavy atom. The predicted octanol–water partition coefficient (Wildman–Crippen LogP) is 6.48. The van der Waals surface area contributed by atoms with Gasteiger partial charge in [-0.2, -0.15) is 0 Å². The van der Waals surface area contributed by atoms with Crippen LogP contribution in [0.1, 0.15) is 43.7 Å². The van der Waals surface area contributed by atoms with Crippen LogP contribution >= 0.6 is 0 Å². The number of allylic oxidation sites excluding steroid dienone is 3. The van der Waals surface area contributed by atoms with Gasteiger partial charge in [0.1, 0.15) is 28.6 Å². The predicted molar refractivity (Wildman–Crippen MR) is 154 cm³/mol. The van der Waals surface area contributed by atoms with Gasteiger partial charge in [-0.05, 0) is 37.3 Å². The first-order valence-corrected chi connectivity index (χ1v) is 13.0. The van der Waals surface area contributed by atoms with Gasteiger partial charge in [-0.15, -0.1) is 0 Å². The van der Waals surface area contributed by atoms with Crippen LogP contribution in [0.15, 0.2) is 72.5 Å². The van der Waals surface area contributed by atoms with Gasteiger partial charge in [0.05, 0.1) is 44.8 Å². The summed E-state index contributed by atoms with van der Waals surface area (Å²) < 4.78 is 34.1. The van der Waals surface area contributed by atoms with Crippen molar-refractivity contribution in [3.8, 4) is 23.0 Å². The minimum Gasteiger partial charge on any atom is -0.496 e. The first-order valence-electron chi connectivity index (χ1n) is 13.0. The summed E-state index contributed by atoms with van der Waals surface area (Å²) >= 11 is 0. The van der Waals surface area contributed by atoms with Crippen LogP contribution in [-0.4, -0.2) is 28.4 Å². The number of hydrogen-bond acceptors (Lipinski definition) is 8. The SMILES string of the molecule is COc1cc(OC)c2ccc(=O)oc2c1C=C[C@@]1(C)CCC(C)=C[C@H]1c1c(OC)cc(OC)c2ccc(=O)oc12. The van der Waals surface area contributed by atoms with E-state index in [1.54, 1.807) is 46.6 Å². The molecule has 8 heteroatoms. The minimum absolute atomic E-state index is 0.214. The second kappa shape index (κ2) is 10.6. The summed E-state index contributed by atoms with van der Waals surface area (Å²) in [6, 6.07) is 9.76. The molecular weight excluding hydrogens is 512 g/mol. The van der Waals surface area contributed by atoms with Crippen molar-refractivity contribution in [1.82, 2.24) is 0 Å². The van der Waals surface area contributed by atoms with Crippen LogP contribution in [0.4, 0.5) is 0 Å². The summed E-state index contributed by atoms with van der Waals surface area (Å²) in [6.45, 7) is 4.25. The Bertz CT molecular complexity index is 1770. The Kier molecular flexibility index (Phi) is 7.19. The van der Waals surface area contributed by atoms with Crippen LogP contribution < -0.4 is 30.2 Å². The van der Waals surface area contributed by atoms with Gasteiger partial charge >= 0.3 is 11.3 Å². The van der Waals surface area contributed by atoms with Crippen molar-refractivity contribution in [2.75, 3.05) is 28.4 Å². The zero-order valence-electron chi connectivity index (χ0n) is 23.5. The molecule has 0 N–H and O–H groups in total. The molecule has 2 aromatic heterocycles. The van der Waals surface area contributed by atoms with Crippen LogP contribution in [0.5, 0.6) is 23.0 Å². The van der Waals surface area contributed by atoms with Crippen molar-refractivity contribution in [2.45, 2.75) is 32.6 Å². The summed E-state index contributed by atoms with van der Waals surface area (Å²) in [5.41, 5.74) is 2.04. The Morgan fingerprint density at radius 2 is 1.35 bits per heavy atom. The van der Waals surface area contributed by atoms with E-state index in [0.29, 0.717) is 50.5 Å². The van der Waals surface area contributed by atoms with E-state index in [1.807, 2.05) is 12.1 Å². The van der Waals surface area contributed by atoms with Crippen molar-refractivity contribution in [1.29, 1.82) is 0 Å². The molecule has 0 saturated carbocycles. The van der Waals surface area contributed by atoms with Gasteiger partial charge in [0.25, 0.3) is 0 Å². The highest BCUT2D eigenvalue weighted by molar-refractivity contribution is 5.93. The molecule has 40 heavy (non-hydrogen) atoms. The van der Waals surface area contributed by atoms with Gasteiger partial charge < -0.3 is 27.8 Å². The fourth-order valence-electron chi connectivity index (χ4n) is 5.58. The van der Waals surface area contributed by atoms with E-state index >= 15 is 0 Å². The van der Waals surface area contributed by atoms with Crippen molar-refractivity contribution in [3.05, 3.63) is 86.1 Å². The normalized spacial score (nSPS) is 19.1. The van der Waals surface area contributed by atoms with Crippen molar-refractivity contribution < 1.29 is 27.8 Å². The molecule has 0 radical (unpaired) electrons. The third-order valence-corrected chi connectivity index (χ3v) is 7.78. The average molecular weight is 545 g/mol. The van der Waals surface area contributed by atoms with Crippen molar-refractivity contribution in [3.63, 3.8) is 0 Å². The van der Waals surface area contributed by atoms with Gasteiger partial charge in [0, 0.05) is 35.7 Å². The molecule has 208 valence electrons. The van der Waals surface area contributed by atoms with Crippen LogP contribution in [0.3, 0.4) is 0 Å². The Balaban J connectivity index is 1.75. The first-order chi connectivity index (χ1) is 19.2. The van der Waals surface area contributed by atoms with Crippen molar-refractivity contribution >= 4 is 28.0 Å². The van der Waals surface area contributed by atoms with E-state index < -0.39 is 16.7 Å². The molecule has 0 saturated heterocycles. The zero-order chi connectivity index (χ0) is 28.6. The zero-order valence-corrected chi connectivity index (χ0v) is 23.5. The quantitative estimate of drug-likeness (QED) is 0.193. The fourth-order valence-corrected chi connectivity index (χ4v) is 5.58. The molecule has 0 aliphatic heterocycles. The molecule has 1 aliphatic rings. The van der Waals surface area contributed by atoms with Gasteiger partial charge in [-0.3, -0.25) is 0 Å². The van der Waals surface area contributed by atoms with Crippen LogP contribution in [-0.2, 0) is 0 Å². The molecule has 2 aromatic carbocycles. The smallest absolute Gasteiger partial charge is 0.336 e. The van der Waals surface area contributed by atoms with Crippen LogP contribution in [0.2, 0.25) is 0 Å². The highest BCUT2D eigenvalue weighted by Crippen LogP contribution is 2.52. The summed E-state index contributed by atoms with van der Waals surface area (Å²) in [5.74, 6) is 1.95. The molecule has 2 heterocycles. The number of methoxy groups -OCH3 is 4. The Labute approximate surface area is 231 Å². The maximum Gasteiger partial charge on any atom is 0.336 e. The van der Waals surface area contributed by atoms with E-state index in [4.69, 9.17) is 27.8 Å². The summed E-state index contributed by atoms with van der Waals surface area (Å²) in [5, 5.41) is 1.35. The van der Waals surface area contributed by atoms with E-state index in [2.05, 4.69) is 26.0 Å². The summed E-state index contributed by atoms with van der Waals surface area (Å²) in [4.78, 5) is 24.6. The molecule has 5 rings (SSSR count). The third kappa shape index (κ3) is 4.63. The molecule has 0 spiro atoms. The van der Waals surface area contributed by atoms with E-state index in [-0.39, 0.29) is 5.92 Å². The Hall–Kier alpha value is -4.46. The maximum atomic E-state index is 12.4. The first kappa shape index (κ1) is 27.1. The molecule has 2 atom stereocenters. The second-order valence-corrected chi connectivity index (χ2v) is 10.2. The fraction of sp³-hybridized carbons (Fsp3) is 0.312. The van der Waals surface area contributed by atoms with E-state index in [0.717, 1.165) is 18.4 Å². The average Bonchev–Trinajstić information content (AvgIpc) is 2.96. The lowest BCUT2D eigenvalue weighted by Crippen LogP contribution is -2.26. The second-order valence-electron chi connectivity index (χ2n) is 10.2. The van der Waals surface area contributed by atoms with Crippen molar-refractivity contribution in [2.24, 2.45) is 5.41 Å². The summed E-state index contributed by atoms with van der Waals surface area (Å²) in [7, 11) is 6.28. The Morgan fingerprint density at radius 3 is 1.95 bits per heavy atom. The number of fused-ring (bicyclic) bond motifs is 2. The highest BCUT2D eigenvalue weighted by atomic mass is 16.5. The lowest BCUT2D eigenvalue weighted by molar-refractivity contribution is 0.320. The van der Waals surface area contributed by atoms with Crippen LogP contribution in [0, 0.1) is 5.41 Å². The molecule has 4 aromatic rings. The minimum atomic E-state index is -0.470. The van der Waals surface area contributed by atoms with Gasteiger partial charge in [0.15, 0.2) is 5.58 Å². The molecule has 1 aliphatic carbocycles. The molecule has 0 amide bonds. The van der Waals surface area contributed by atoms with Gasteiger partial charge in [-0.25, -0.2) is 9.59 Å². The third-order valence-electron chi connectivity index (χ3n) is 7.78. The lowest BCUT2D eigenvalue weighted by Gasteiger charge is -2.39. The number of rotatable bonds is 7. The number of benzene rings is 2. The summed E-state index contributed by atoms with van der Waals surface area (Å²) in [6.07, 6.45) is 7.93. The molecular formula is C32H32O8.